The van der Waals surface area contributed by atoms with Crippen LogP contribution in [0.15, 0.2) is 18.2 Å². The number of rotatable bonds is 8. The second-order valence-electron chi connectivity index (χ2n) is 6.73. The van der Waals surface area contributed by atoms with E-state index in [4.69, 9.17) is 14.2 Å². The zero-order chi connectivity index (χ0) is 20.9. The van der Waals surface area contributed by atoms with Crippen molar-refractivity contribution in [2.45, 2.75) is 38.8 Å². The van der Waals surface area contributed by atoms with E-state index in [9.17, 15) is 18.0 Å². The van der Waals surface area contributed by atoms with Crippen LogP contribution in [0.2, 0.25) is 0 Å². The smallest absolute Gasteiger partial charge is 0.342 e. The highest BCUT2D eigenvalue weighted by atomic mass is 32.2. The summed E-state index contributed by atoms with van der Waals surface area (Å²) in [5.74, 6) is -0.512. The van der Waals surface area contributed by atoms with Crippen molar-refractivity contribution in [3.63, 3.8) is 0 Å². The van der Waals surface area contributed by atoms with Gasteiger partial charge in [0.25, 0.3) is 5.91 Å². The van der Waals surface area contributed by atoms with E-state index in [-0.39, 0.29) is 28.9 Å². The molecule has 0 aliphatic carbocycles. The Morgan fingerprint density at radius 1 is 1.25 bits per heavy atom. The number of para-hydroxylation sites is 1. The van der Waals surface area contributed by atoms with Crippen molar-refractivity contribution in [1.82, 2.24) is 4.90 Å². The van der Waals surface area contributed by atoms with Crippen molar-refractivity contribution in [3.8, 4) is 11.5 Å². The van der Waals surface area contributed by atoms with Crippen LogP contribution in [0.4, 0.5) is 0 Å². The number of esters is 1. The van der Waals surface area contributed by atoms with E-state index in [0.29, 0.717) is 18.6 Å². The minimum atomic E-state index is -3.14. The van der Waals surface area contributed by atoms with Gasteiger partial charge in [-0.15, -0.1) is 0 Å². The molecule has 1 aromatic carbocycles. The molecule has 0 N–H and O–H groups in total. The fourth-order valence-electron chi connectivity index (χ4n) is 3.33. The van der Waals surface area contributed by atoms with Gasteiger partial charge in [-0.1, -0.05) is 13.0 Å². The van der Waals surface area contributed by atoms with Crippen LogP contribution in [0.3, 0.4) is 0 Å². The average molecular weight is 413 g/mol. The molecular formula is C19H27NO7S. The Hall–Kier alpha value is -2.29. The molecule has 2 rings (SSSR count). The molecule has 1 fully saturated rings. The average Bonchev–Trinajstić information content (AvgIpc) is 3.04. The van der Waals surface area contributed by atoms with E-state index in [1.807, 2.05) is 13.8 Å². The van der Waals surface area contributed by atoms with E-state index in [2.05, 4.69) is 0 Å². The molecule has 1 amide bonds. The van der Waals surface area contributed by atoms with Gasteiger partial charge < -0.3 is 19.1 Å². The lowest BCUT2D eigenvalue weighted by molar-refractivity contribution is -0.138. The third-order valence-electron chi connectivity index (χ3n) is 4.91. The second-order valence-corrected chi connectivity index (χ2v) is 8.96. The number of hydrogen-bond acceptors (Lipinski definition) is 7. The summed E-state index contributed by atoms with van der Waals surface area (Å²) in [6.45, 7) is 3.30. The Morgan fingerprint density at radius 3 is 2.50 bits per heavy atom. The topological polar surface area (TPSA) is 99.2 Å². The number of carbonyl (C=O) groups excluding carboxylic acids is 2. The van der Waals surface area contributed by atoms with E-state index in [1.54, 1.807) is 17.0 Å². The fraction of sp³-hybridized carbons (Fsp3) is 0.579. The number of carbonyl (C=O) groups is 2. The van der Waals surface area contributed by atoms with E-state index in [0.717, 1.165) is 0 Å². The molecule has 0 saturated carbocycles. The summed E-state index contributed by atoms with van der Waals surface area (Å²) in [7, 11) is -0.277. The van der Waals surface area contributed by atoms with Crippen molar-refractivity contribution in [3.05, 3.63) is 23.8 Å². The van der Waals surface area contributed by atoms with Gasteiger partial charge in [0.2, 0.25) is 0 Å². The first-order chi connectivity index (χ1) is 13.2. The molecule has 2 atom stereocenters. The maximum absolute atomic E-state index is 12.8. The number of amides is 1. The summed E-state index contributed by atoms with van der Waals surface area (Å²) < 4.78 is 39.2. The predicted octanol–water partition coefficient (Wildman–Crippen LogP) is 1.67. The zero-order valence-corrected chi connectivity index (χ0v) is 17.5. The summed E-state index contributed by atoms with van der Waals surface area (Å²) >= 11 is 0. The fourth-order valence-corrected chi connectivity index (χ4v) is 5.04. The molecular weight excluding hydrogens is 386 g/mol. The number of methoxy groups -OCH3 is 2. The number of ether oxygens (including phenoxy) is 3. The minimum absolute atomic E-state index is 0.0548. The SMILES string of the molecule is CC[C@@H](C)N(C(=O)COC(=O)c1cccc(OC)c1OC)[C@H]1CCS(=O)(=O)C1. The molecule has 0 aromatic heterocycles. The zero-order valence-electron chi connectivity index (χ0n) is 16.6. The molecule has 28 heavy (non-hydrogen) atoms. The number of nitrogens with zero attached hydrogens (tertiary/aromatic N) is 1. The van der Waals surface area contributed by atoms with Gasteiger partial charge in [0.05, 0.1) is 25.7 Å². The highest BCUT2D eigenvalue weighted by Gasteiger charge is 2.36. The van der Waals surface area contributed by atoms with Crippen LogP contribution in [0.5, 0.6) is 11.5 Å². The maximum Gasteiger partial charge on any atom is 0.342 e. The van der Waals surface area contributed by atoms with Crippen molar-refractivity contribution in [1.29, 1.82) is 0 Å². The summed E-state index contributed by atoms with van der Waals surface area (Å²) in [5, 5.41) is 0. The number of sulfone groups is 1. The predicted molar refractivity (Wildman–Crippen MR) is 103 cm³/mol. The van der Waals surface area contributed by atoms with Gasteiger partial charge in [0.1, 0.15) is 5.56 Å². The highest BCUT2D eigenvalue weighted by Crippen LogP contribution is 2.31. The third-order valence-corrected chi connectivity index (χ3v) is 6.66. The maximum atomic E-state index is 12.8. The lowest BCUT2D eigenvalue weighted by Gasteiger charge is -2.33. The van der Waals surface area contributed by atoms with Crippen molar-refractivity contribution in [2.75, 3.05) is 32.3 Å². The van der Waals surface area contributed by atoms with Gasteiger partial charge in [-0.2, -0.15) is 0 Å². The van der Waals surface area contributed by atoms with Gasteiger partial charge in [0.15, 0.2) is 27.9 Å². The molecule has 1 aliphatic rings. The van der Waals surface area contributed by atoms with E-state index in [1.165, 1.54) is 20.3 Å². The molecule has 156 valence electrons. The first-order valence-electron chi connectivity index (χ1n) is 9.13. The first kappa shape index (κ1) is 22.0. The quantitative estimate of drug-likeness (QED) is 0.598. The van der Waals surface area contributed by atoms with Crippen LogP contribution < -0.4 is 9.47 Å². The van der Waals surface area contributed by atoms with Crippen molar-refractivity contribution in [2.24, 2.45) is 0 Å². The Morgan fingerprint density at radius 2 is 1.96 bits per heavy atom. The summed E-state index contributed by atoms with van der Waals surface area (Å²) in [6, 6.07) is 4.23. The summed E-state index contributed by atoms with van der Waals surface area (Å²) in [6.07, 6.45) is 1.07. The van der Waals surface area contributed by atoms with Gasteiger partial charge >= 0.3 is 5.97 Å². The van der Waals surface area contributed by atoms with Crippen LogP contribution in [-0.2, 0) is 19.4 Å². The Labute approximate surface area is 165 Å². The van der Waals surface area contributed by atoms with E-state index < -0.39 is 34.4 Å². The first-order valence-corrected chi connectivity index (χ1v) is 11.0. The van der Waals surface area contributed by atoms with Crippen LogP contribution in [-0.4, -0.2) is 69.6 Å². The van der Waals surface area contributed by atoms with Gasteiger partial charge in [-0.25, -0.2) is 13.2 Å². The molecule has 8 nitrogen and oxygen atoms in total. The lowest BCUT2D eigenvalue weighted by atomic mass is 10.1. The van der Waals surface area contributed by atoms with Crippen molar-refractivity contribution >= 4 is 21.7 Å². The molecule has 1 aliphatic heterocycles. The van der Waals surface area contributed by atoms with E-state index >= 15 is 0 Å². The van der Waals surface area contributed by atoms with Crippen molar-refractivity contribution < 1.29 is 32.2 Å². The minimum Gasteiger partial charge on any atom is -0.493 e. The molecule has 0 unspecified atom stereocenters. The standard InChI is InChI=1S/C19H27NO7S/c1-5-13(2)20(14-9-10-28(23,24)12-14)17(21)11-27-19(22)15-7-6-8-16(25-3)18(15)26-4/h6-8,13-14H,5,9-12H2,1-4H3/t13-,14+/m1/s1. The third kappa shape index (κ3) is 4.95. The Balaban J connectivity index is 2.11. The van der Waals surface area contributed by atoms with Crippen LogP contribution in [0.1, 0.15) is 37.0 Å². The Kier molecular flexibility index (Phi) is 7.29. The molecule has 0 radical (unpaired) electrons. The molecule has 9 heteroatoms. The van der Waals surface area contributed by atoms with Crippen LogP contribution in [0, 0.1) is 0 Å². The summed E-state index contributed by atoms with van der Waals surface area (Å²) in [4.78, 5) is 26.8. The van der Waals surface area contributed by atoms with Gasteiger partial charge in [0, 0.05) is 12.1 Å². The van der Waals surface area contributed by atoms with Gasteiger partial charge in [-0.05, 0) is 31.9 Å². The monoisotopic (exact) mass is 413 g/mol. The molecule has 1 saturated heterocycles. The summed E-state index contributed by atoms with van der Waals surface area (Å²) in [5.41, 5.74) is 0.146. The molecule has 1 heterocycles. The van der Waals surface area contributed by atoms with Gasteiger partial charge in [-0.3, -0.25) is 4.79 Å². The van der Waals surface area contributed by atoms with Crippen LogP contribution in [0.25, 0.3) is 0 Å². The molecule has 0 spiro atoms. The largest absolute Gasteiger partial charge is 0.493 e. The van der Waals surface area contributed by atoms with Crippen LogP contribution >= 0.6 is 0 Å². The highest BCUT2D eigenvalue weighted by molar-refractivity contribution is 7.91. The normalized spacial score (nSPS) is 18.9. The number of benzene rings is 1. The lowest BCUT2D eigenvalue weighted by Crippen LogP contribution is -2.48. The molecule has 0 bridgehead atoms. The Bertz CT molecular complexity index is 822. The second kappa shape index (κ2) is 9.27. The molecule has 1 aromatic rings. The number of hydrogen-bond donors (Lipinski definition) is 0.